The van der Waals surface area contributed by atoms with Crippen molar-refractivity contribution < 1.29 is 27.8 Å². The Bertz CT molecular complexity index is 393. The summed E-state index contributed by atoms with van der Waals surface area (Å²) >= 11 is 0. The summed E-state index contributed by atoms with van der Waals surface area (Å²) in [5, 5.41) is 11.1. The van der Waals surface area contributed by atoms with E-state index >= 15 is 0 Å². The van der Waals surface area contributed by atoms with Crippen molar-refractivity contribution in [3.05, 3.63) is 24.3 Å². The van der Waals surface area contributed by atoms with Gasteiger partial charge < -0.3 is 15.2 Å². The first-order valence-corrected chi connectivity index (χ1v) is 4.68. The molecule has 1 aromatic carbocycles. The molecule has 17 heavy (non-hydrogen) atoms. The summed E-state index contributed by atoms with van der Waals surface area (Å²) in [5.41, 5.74) is 0.369. The van der Waals surface area contributed by atoms with Crippen molar-refractivity contribution in [2.45, 2.75) is 12.8 Å². The largest absolute Gasteiger partial charge is 0.573 e. The number of nitrogens with one attached hydrogen (secondary N) is 1. The maximum Gasteiger partial charge on any atom is 0.573 e. The summed E-state index contributed by atoms with van der Waals surface area (Å²) in [6.07, 6.45) is -4.86. The molecule has 1 rings (SSSR count). The normalized spacial score (nSPS) is 11.0. The van der Waals surface area contributed by atoms with Crippen LogP contribution >= 0.6 is 0 Å². The van der Waals surface area contributed by atoms with Crippen LogP contribution in [0, 0.1) is 0 Å². The predicted octanol–water partition coefficient (Wildman–Crippen LogP) is 2.47. The average Bonchev–Trinajstić information content (AvgIpc) is 2.14. The Kier molecular flexibility index (Phi) is 4.19. The number of aliphatic carboxylic acids is 1. The smallest absolute Gasteiger partial charge is 0.481 e. The summed E-state index contributed by atoms with van der Waals surface area (Å²) in [6.45, 7) is 0.130. The molecule has 2 N–H and O–H groups in total. The molecule has 0 unspecified atom stereocenters. The monoisotopic (exact) mass is 249 g/mol. The Hall–Kier alpha value is -1.92. The third-order valence-electron chi connectivity index (χ3n) is 1.74. The summed E-state index contributed by atoms with van der Waals surface area (Å²) < 4.78 is 39.4. The van der Waals surface area contributed by atoms with E-state index in [1.165, 1.54) is 12.1 Å². The zero-order valence-corrected chi connectivity index (χ0v) is 8.62. The molecule has 0 radical (unpaired) electrons. The second-order valence-electron chi connectivity index (χ2n) is 3.15. The third-order valence-corrected chi connectivity index (χ3v) is 1.74. The molecule has 0 saturated heterocycles. The number of alkyl halides is 3. The lowest BCUT2D eigenvalue weighted by Crippen LogP contribution is -2.17. The summed E-state index contributed by atoms with van der Waals surface area (Å²) in [6, 6.07) is 5.21. The van der Waals surface area contributed by atoms with Gasteiger partial charge in [0.25, 0.3) is 0 Å². The molecular formula is C10H10F3NO3. The van der Waals surface area contributed by atoms with E-state index in [9.17, 15) is 18.0 Å². The van der Waals surface area contributed by atoms with Crippen molar-refractivity contribution >= 4 is 11.7 Å². The first-order valence-electron chi connectivity index (χ1n) is 4.68. The molecule has 0 aliphatic carbocycles. The van der Waals surface area contributed by atoms with Crippen molar-refractivity contribution in [1.29, 1.82) is 0 Å². The fourth-order valence-corrected chi connectivity index (χ4v) is 1.12. The minimum Gasteiger partial charge on any atom is -0.481 e. The van der Waals surface area contributed by atoms with Crippen molar-refractivity contribution in [2.24, 2.45) is 0 Å². The van der Waals surface area contributed by atoms with E-state index in [-0.39, 0.29) is 18.7 Å². The van der Waals surface area contributed by atoms with Crippen LogP contribution in [0.2, 0.25) is 0 Å². The van der Waals surface area contributed by atoms with Gasteiger partial charge in [0.2, 0.25) is 0 Å². The lowest BCUT2D eigenvalue weighted by Gasteiger charge is -2.10. The topological polar surface area (TPSA) is 58.6 Å². The summed E-state index contributed by atoms with van der Waals surface area (Å²) in [5.74, 6) is -1.34. The van der Waals surface area contributed by atoms with Gasteiger partial charge in [0, 0.05) is 18.3 Å². The van der Waals surface area contributed by atoms with Crippen LogP contribution in [0.4, 0.5) is 18.9 Å². The highest BCUT2D eigenvalue weighted by molar-refractivity contribution is 5.67. The molecule has 0 amide bonds. The highest BCUT2D eigenvalue weighted by Crippen LogP contribution is 2.24. The highest BCUT2D eigenvalue weighted by Gasteiger charge is 2.31. The third kappa shape index (κ3) is 5.64. The van der Waals surface area contributed by atoms with Gasteiger partial charge in [0.05, 0.1) is 6.42 Å². The Balaban J connectivity index is 2.57. The molecule has 7 heteroatoms. The molecule has 0 aromatic heterocycles. The average molecular weight is 249 g/mol. The molecule has 0 heterocycles. The van der Waals surface area contributed by atoms with Crippen molar-refractivity contribution in [2.75, 3.05) is 11.9 Å². The summed E-state index contributed by atoms with van der Waals surface area (Å²) in [7, 11) is 0. The predicted molar refractivity (Wildman–Crippen MR) is 53.9 cm³/mol. The van der Waals surface area contributed by atoms with Crippen LogP contribution in [0.15, 0.2) is 24.3 Å². The minimum absolute atomic E-state index is 0.121. The minimum atomic E-state index is -4.74. The molecule has 1 aromatic rings. The zero-order chi connectivity index (χ0) is 12.9. The Morgan fingerprint density at radius 2 is 2.12 bits per heavy atom. The van der Waals surface area contributed by atoms with Crippen LogP contribution in [0.5, 0.6) is 5.75 Å². The van der Waals surface area contributed by atoms with Gasteiger partial charge in [-0.05, 0) is 12.1 Å². The molecule has 94 valence electrons. The van der Waals surface area contributed by atoms with Crippen molar-refractivity contribution in [3.8, 4) is 5.75 Å². The molecular weight excluding hydrogens is 239 g/mol. The number of ether oxygens (including phenoxy) is 1. The quantitative estimate of drug-likeness (QED) is 0.841. The van der Waals surface area contributed by atoms with E-state index in [1.807, 2.05) is 0 Å². The fourth-order valence-electron chi connectivity index (χ4n) is 1.12. The number of carboxylic acid groups (broad SMARTS) is 1. The molecule has 4 nitrogen and oxygen atoms in total. The molecule has 0 fully saturated rings. The first kappa shape index (κ1) is 13.1. The van der Waals surface area contributed by atoms with Crippen molar-refractivity contribution in [1.82, 2.24) is 0 Å². The van der Waals surface area contributed by atoms with Gasteiger partial charge >= 0.3 is 12.3 Å². The molecule has 0 aliphatic heterocycles. The number of hydrogen-bond donors (Lipinski definition) is 2. The van der Waals surface area contributed by atoms with Crippen LogP contribution in [-0.4, -0.2) is 24.0 Å². The number of carbonyl (C=O) groups is 1. The molecule has 0 saturated carbocycles. The molecule has 0 bridgehead atoms. The maximum absolute atomic E-state index is 11.9. The lowest BCUT2D eigenvalue weighted by molar-refractivity contribution is -0.274. The maximum atomic E-state index is 11.9. The zero-order valence-electron chi connectivity index (χ0n) is 8.62. The van der Waals surface area contributed by atoms with Gasteiger partial charge in [-0.1, -0.05) is 6.07 Å². The van der Waals surface area contributed by atoms with Crippen molar-refractivity contribution in [3.63, 3.8) is 0 Å². The second kappa shape index (κ2) is 5.42. The van der Waals surface area contributed by atoms with E-state index in [2.05, 4.69) is 10.1 Å². The summed E-state index contributed by atoms with van der Waals surface area (Å²) in [4.78, 5) is 10.2. The van der Waals surface area contributed by atoms with Gasteiger partial charge in [0.15, 0.2) is 0 Å². The first-order chi connectivity index (χ1) is 7.87. The van der Waals surface area contributed by atoms with E-state index in [4.69, 9.17) is 5.11 Å². The van der Waals surface area contributed by atoms with Crippen LogP contribution < -0.4 is 10.1 Å². The molecule has 0 spiro atoms. The number of halogens is 3. The second-order valence-corrected chi connectivity index (χ2v) is 3.15. The van der Waals surface area contributed by atoms with E-state index in [1.54, 1.807) is 0 Å². The van der Waals surface area contributed by atoms with Crippen LogP contribution in [-0.2, 0) is 4.79 Å². The van der Waals surface area contributed by atoms with Gasteiger partial charge in [-0.3, -0.25) is 4.79 Å². The lowest BCUT2D eigenvalue weighted by atomic mass is 10.3. The van der Waals surface area contributed by atoms with E-state index in [0.29, 0.717) is 5.69 Å². The number of hydrogen-bond acceptors (Lipinski definition) is 3. The van der Waals surface area contributed by atoms with Crippen LogP contribution in [0.3, 0.4) is 0 Å². The Labute approximate surface area is 95.0 Å². The van der Waals surface area contributed by atoms with E-state index in [0.717, 1.165) is 12.1 Å². The van der Waals surface area contributed by atoms with Gasteiger partial charge in [-0.15, -0.1) is 13.2 Å². The Morgan fingerprint density at radius 1 is 1.41 bits per heavy atom. The van der Waals surface area contributed by atoms with Crippen LogP contribution in [0.25, 0.3) is 0 Å². The Morgan fingerprint density at radius 3 is 2.71 bits per heavy atom. The fraction of sp³-hybridized carbons (Fsp3) is 0.300. The van der Waals surface area contributed by atoms with E-state index < -0.39 is 12.3 Å². The molecule has 0 atom stereocenters. The van der Waals surface area contributed by atoms with Gasteiger partial charge in [0.1, 0.15) is 5.75 Å². The number of carboxylic acids is 1. The number of rotatable bonds is 5. The number of benzene rings is 1. The van der Waals surface area contributed by atoms with Gasteiger partial charge in [-0.2, -0.15) is 0 Å². The molecule has 0 aliphatic rings. The number of anilines is 1. The standard InChI is InChI=1S/C10H10F3NO3/c11-10(12,13)17-8-3-1-2-7(6-8)14-5-4-9(15)16/h1-3,6,14H,4-5H2,(H,15,16). The highest BCUT2D eigenvalue weighted by atomic mass is 19.4. The van der Waals surface area contributed by atoms with Gasteiger partial charge in [-0.25, -0.2) is 0 Å². The van der Waals surface area contributed by atoms with Crippen LogP contribution in [0.1, 0.15) is 6.42 Å². The SMILES string of the molecule is O=C(O)CCNc1cccc(OC(F)(F)F)c1.